The molecular formula is C16H12BrFN2O2. The molecule has 1 amide bonds. The van der Waals surface area contributed by atoms with E-state index in [0.29, 0.717) is 27.2 Å². The quantitative estimate of drug-likeness (QED) is 0.758. The second-order valence-electron chi connectivity index (χ2n) is 4.89. The van der Waals surface area contributed by atoms with Crippen LogP contribution in [0.15, 0.2) is 45.3 Å². The minimum Gasteiger partial charge on any atom is -0.441 e. The number of aromatic nitrogens is 1. The van der Waals surface area contributed by atoms with Gasteiger partial charge in [-0.15, -0.1) is 0 Å². The fourth-order valence-electron chi connectivity index (χ4n) is 2.16. The van der Waals surface area contributed by atoms with E-state index in [-0.39, 0.29) is 18.1 Å². The largest absolute Gasteiger partial charge is 0.441 e. The third-order valence-electron chi connectivity index (χ3n) is 3.13. The number of hydrogen-bond acceptors (Lipinski definition) is 3. The third-order valence-corrected chi connectivity index (χ3v) is 3.73. The zero-order valence-corrected chi connectivity index (χ0v) is 13.3. The SMILES string of the molecule is Cc1nc2cc(NC(=O)Cc3ccc(F)c(Br)c3)ccc2o1. The molecule has 1 aromatic heterocycles. The molecule has 0 radical (unpaired) electrons. The highest BCUT2D eigenvalue weighted by Crippen LogP contribution is 2.20. The van der Waals surface area contributed by atoms with Gasteiger partial charge in [-0.1, -0.05) is 6.07 Å². The van der Waals surface area contributed by atoms with Crippen LogP contribution in [0.4, 0.5) is 10.1 Å². The van der Waals surface area contributed by atoms with Crippen LogP contribution in [-0.4, -0.2) is 10.9 Å². The number of nitrogens with zero attached hydrogens (tertiary/aromatic N) is 1. The monoisotopic (exact) mass is 362 g/mol. The van der Waals surface area contributed by atoms with E-state index in [1.165, 1.54) is 6.07 Å². The van der Waals surface area contributed by atoms with E-state index in [2.05, 4.69) is 26.2 Å². The highest BCUT2D eigenvalue weighted by atomic mass is 79.9. The van der Waals surface area contributed by atoms with Gasteiger partial charge in [0.2, 0.25) is 5.91 Å². The number of benzene rings is 2. The van der Waals surface area contributed by atoms with Gasteiger partial charge in [-0.05, 0) is 51.8 Å². The predicted octanol–water partition coefficient (Wildman–Crippen LogP) is 4.22. The van der Waals surface area contributed by atoms with Crippen molar-refractivity contribution in [1.82, 2.24) is 4.98 Å². The molecule has 6 heteroatoms. The fourth-order valence-corrected chi connectivity index (χ4v) is 2.59. The Labute approximate surface area is 134 Å². The van der Waals surface area contributed by atoms with Gasteiger partial charge in [0, 0.05) is 12.6 Å². The summed E-state index contributed by atoms with van der Waals surface area (Å²) in [6, 6.07) is 9.79. The van der Waals surface area contributed by atoms with Crippen molar-refractivity contribution in [3.05, 3.63) is 58.1 Å². The van der Waals surface area contributed by atoms with Crippen LogP contribution in [0.5, 0.6) is 0 Å². The van der Waals surface area contributed by atoms with Crippen LogP contribution in [0.3, 0.4) is 0 Å². The molecule has 0 fully saturated rings. The Morgan fingerprint density at radius 1 is 1.32 bits per heavy atom. The molecule has 0 bridgehead atoms. The first-order valence-electron chi connectivity index (χ1n) is 6.62. The molecule has 0 atom stereocenters. The number of amides is 1. The zero-order chi connectivity index (χ0) is 15.7. The predicted molar refractivity (Wildman–Crippen MR) is 85.2 cm³/mol. The van der Waals surface area contributed by atoms with E-state index in [0.717, 1.165) is 5.56 Å². The molecule has 0 saturated heterocycles. The molecule has 3 rings (SSSR count). The van der Waals surface area contributed by atoms with E-state index in [4.69, 9.17) is 4.42 Å². The molecule has 0 aliphatic rings. The molecule has 0 spiro atoms. The standard InChI is InChI=1S/C16H12BrFN2O2/c1-9-19-14-8-11(3-5-15(14)22-9)20-16(21)7-10-2-4-13(18)12(17)6-10/h2-6,8H,7H2,1H3,(H,20,21). The number of carbonyl (C=O) groups excluding carboxylic acids is 1. The molecule has 3 aromatic rings. The molecule has 0 aliphatic heterocycles. The summed E-state index contributed by atoms with van der Waals surface area (Å²) in [5, 5.41) is 2.80. The van der Waals surface area contributed by atoms with Crippen LogP contribution >= 0.6 is 15.9 Å². The Hall–Kier alpha value is -2.21. The van der Waals surface area contributed by atoms with Crippen LogP contribution in [0.25, 0.3) is 11.1 Å². The first-order valence-corrected chi connectivity index (χ1v) is 7.41. The first kappa shape index (κ1) is 14.7. The van der Waals surface area contributed by atoms with Crippen molar-refractivity contribution in [3.8, 4) is 0 Å². The number of hydrogen-bond donors (Lipinski definition) is 1. The maximum atomic E-state index is 13.2. The summed E-state index contributed by atoms with van der Waals surface area (Å²) >= 11 is 3.11. The minimum absolute atomic E-state index is 0.161. The summed E-state index contributed by atoms with van der Waals surface area (Å²) in [7, 11) is 0. The molecule has 0 aliphatic carbocycles. The highest BCUT2D eigenvalue weighted by Gasteiger charge is 2.08. The van der Waals surface area contributed by atoms with Crippen molar-refractivity contribution < 1.29 is 13.6 Å². The van der Waals surface area contributed by atoms with Gasteiger partial charge < -0.3 is 9.73 Å². The second-order valence-corrected chi connectivity index (χ2v) is 5.74. The Morgan fingerprint density at radius 3 is 2.91 bits per heavy atom. The third kappa shape index (κ3) is 3.17. The zero-order valence-electron chi connectivity index (χ0n) is 11.7. The summed E-state index contributed by atoms with van der Waals surface area (Å²) in [4.78, 5) is 16.3. The van der Waals surface area contributed by atoms with Gasteiger partial charge in [0.15, 0.2) is 11.5 Å². The topological polar surface area (TPSA) is 55.1 Å². The average molecular weight is 363 g/mol. The number of carbonyl (C=O) groups is 1. The molecule has 2 aromatic carbocycles. The van der Waals surface area contributed by atoms with Crippen molar-refractivity contribution in [2.24, 2.45) is 0 Å². The highest BCUT2D eigenvalue weighted by molar-refractivity contribution is 9.10. The van der Waals surface area contributed by atoms with Gasteiger partial charge in [-0.3, -0.25) is 4.79 Å². The van der Waals surface area contributed by atoms with E-state index in [1.807, 2.05) is 0 Å². The lowest BCUT2D eigenvalue weighted by atomic mass is 10.1. The van der Waals surface area contributed by atoms with Gasteiger partial charge in [0.25, 0.3) is 0 Å². The fraction of sp³-hybridized carbons (Fsp3) is 0.125. The second kappa shape index (κ2) is 5.88. The molecule has 112 valence electrons. The summed E-state index contributed by atoms with van der Waals surface area (Å²) in [6.07, 6.45) is 0.161. The van der Waals surface area contributed by atoms with Gasteiger partial charge in [0.1, 0.15) is 11.3 Å². The number of anilines is 1. The summed E-state index contributed by atoms with van der Waals surface area (Å²) < 4.78 is 18.9. The molecular weight excluding hydrogens is 351 g/mol. The van der Waals surface area contributed by atoms with E-state index >= 15 is 0 Å². The smallest absolute Gasteiger partial charge is 0.228 e. The number of nitrogens with one attached hydrogen (secondary N) is 1. The lowest BCUT2D eigenvalue weighted by Gasteiger charge is -2.06. The average Bonchev–Trinajstić information content (AvgIpc) is 2.82. The molecule has 1 heterocycles. The minimum atomic E-state index is -0.351. The Morgan fingerprint density at radius 2 is 2.14 bits per heavy atom. The van der Waals surface area contributed by atoms with Crippen molar-refractivity contribution in [2.75, 3.05) is 5.32 Å². The summed E-state index contributed by atoms with van der Waals surface area (Å²) in [5.41, 5.74) is 2.74. The lowest BCUT2D eigenvalue weighted by molar-refractivity contribution is -0.115. The van der Waals surface area contributed by atoms with Crippen LogP contribution in [0, 0.1) is 12.7 Å². The van der Waals surface area contributed by atoms with E-state index in [9.17, 15) is 9.18 Å². The van der Waals surface area contributed by atoms with Crippen LogP contribution in [-0.2, 0) is 11.2 Å². The van der Waals surface area contributed by atoms with Crippen molar-refractivity contribution in [1.29, 1.82) is 0 Å². The summed E-state index contributed by atoms with van der Waals surface area (Å²) in [6.45, 7) is 1.77. The van der Waals surface area contributed by atoms with Gasteiger partial charge >= 0.3 is 0 Å². The van der Waals surface area contributed by atoms with Crippen LogP contribution < -0.4 is 5.32 Å². The number of fused-ring (bicyclic) bond motifs is 1. The van der Waals surface area contributed by atoms with Crippen LogP contribution in [0.2, 0.25) is 0 Å². The number of rotatable bonds is 3. The van der Waals surface area contributed by atoms with E-state index < -0.39 is 0 Å². The van der Waals surface area contributed by atoms with Gasteiger partial charge in [0.05, 0.1) is 10.9 Å². The number of halogens is 2. The Balaban J connectivity index is 1.73. The van der Waals surface area contributed by atoms with E-state index in [1.54, 1.807) is 37.3 Å². The maximum Gasteiger partial charge on any atom is 0.228 e. The van der Waals surface area contributed by atoms with Crippen molar-refractivity contribution in [2.45, 2.75) is 13.3 Å². The van der Waals surface area contributed by atoms with Crippen molar-refractivity contribution in [3.63, 3.8) is 0 Å². The Kier molecular flexibility index (Phi) is 3.94. The van der Waals surface area contributed by atoms with Crippen molar-refractivity contribution >= 4 is 38.6 Å². The molecule has 0 saturated carbocycles. The first-order chi connectivity index (χ1) is 10.5. The normalized spacial score (nSPS) is 10.9. The lowest BCUT2D eigenvalue weighted by Crippen LogP contribution is -2.14. The molecule has 4 nitrogen and oxygen atoms in total. The maximum absolute atomic E-state index is 13.2. The summed E-state index contributed by atoms with van der Waals surface area (Å²) in [5.74, 6) is 0.0451. The van der Waals surface area contributed by atoms with Crippen LogP contribution in [0.1, 0.15) is 11.5 Å². The molecule has 1 N–H and O–H groups in total. The molecule has 22 heavy (non-hydrogen) atoms. The van der Waals surface area contributed by atoms with Gasteiger partial charge in [-0.25, -0.2) is 9.37 Å². The number of aryl methyl sites for hydroxylation is 1. The molecule has 0 unspecified atom stereocenters. The van der Waals surface area contributed by atoms with Gasteiger partial charge in [-0.2, -0.15) is 0 Å². The Bertz CT molecular complexity index is 860. The number of oxazole rings is 1.